The van der Waals surface area contributed by atoms with Crippen LogP contribution >= 0.6 is 0 Å². The summed E-state index contributed by atoms with van der Waals surface area (Å²) >= 11 is 0. The summed E-state index contributed by atoms with van der Waals surface area (Å²) in [5.41, 5.74) is 8.56. The predicted molar refractivity (Wildman–Crippen MR) is 61.8 cm³/mol. The number of rotatable bonds is 6. The Bertz CT molecular complexity index is 240. The SMILES string of the molecule is CN(CCN=[N+]=[N-])CC1(N(C)C)CCC1. The number of hydrogen-bond acceptors (Lipinski definition) is 3. The van der Waals surface area contributed by atoms with Gasteiger partial charge >= 0.3 is 0 Å². The number of hydrogen-bond donors (Lipinski definition) is 0. The van der Waals surface area contributed by atoms with E-state index in [9.17, 15) is 0 Å². The molecule has 1 rings (SSSR count). The molecule has 0 amide bonds. The summed E-state index contributed by atoms with van der Waals surface area (Å²) in [6.07, 6.45) is 3.90. The third-order valence-corrected chi connectivity index (χ3v) is 3.44. The van der Waals surface area contributed by atoms with Gasteiger partial charge in [-0.3, -0.25) is 0 Å². The third kappa shape index (κ3) is 3.09. The summed E-state index contributed by atoms with van der Waals surface area (Å²) in [6, 6.07) is 0. The van der Waals surface area contributed by atoms with Gasteiger partial charge in [0.1, 0.15) is 0 Å². The minimum Gasteiger partial charge on any atom is -0.304 e. The fourth-order valence-corrected chi connectivity index (χ4v) is 2.17. The molecule has 1 aliphatic rings. The Balaban J connectivity index is 2.35. The van der Waals surface area contributed by atoms with E-state index in [1.807, 2.05) is 0 Å². The van der Waals surface area contributed by atoms with Crippen molar-refractivity contribution < 1.29 is 0 Å². The quantitative estimate of drug-likeness (QED) is 0.381. The maximum absolute atomic E-state index is 8.19. The molecule has 0 aromatic rings. The summed E-state index contributed by atoms with van der Waals surface area (Å²) in [5.74, 6) is 0. The van der Waals surface area contributed by atoms with E-state index in [0.29, 0.717) is 12.1 Å². The molecule has 15 heavy (non-hydrogen) atoms. The molecule has 1 fully saturated rings. The molecule has 0 unspecified atom stereocenters. The molecule has 0 saturated heterocycles. The minimum atomic E-state index is 0.366. The molecule has 0 bridgehead atoms. The second kappa shape index (κ2) is 5.35. The van der Waals surface area contributed by atoms with Gasteiger partial charge in [0.2, 0.25) is 0 Å². The molecule has 0 radical (unpaired) electrons. The highest BCUT2D eigenvalue weighted by molar-refractivity contribution is 4.97. The van der Waals surface area contributed by atoms with E-state index in [2.05, 4.69) is 41.0 Å². The van der Waals surface area contributed by atoms with Gasteiger partial charge in [-0.25, -0.2) is 0 Å². The van der Waals surface area contributed by atoms with E-state index >= 15 is 0 Å². The molecule has 86 valence electrons. The Morgan fingerprint density at radius 3 is 2.40 bits per heavy atom. The summed E-state index contributed by atoms with van der Waals surface area (Å²) in [7, 11) is 6.40. The molecule has 1 aliphatic carbocycles. The van der Waals surface area contributed by atoms with Crippen LogP contribution in [0.3, 0.4) is 0 Å². The fourth-order valence-electron chi connectivity index (χ4n) is 2.17. The average molecular weight is 211 g/mol. The van der Waals surface area contributed by atoms with Gasteiger partial charge in [-0.1, -0.05) is 5.11 Å². The Kier molecular flexibility index (Phi) is 4.39. The predicted octanol–water partition coefficient (Wildman–Crippen LogP) is 1.71. The van der Waals surface area contributed by atoms with Crippen molar-refractivity contribution in [3.8, 4) is 0 Å². The Hall–Kier alpha value is -0.770. The lowest BCUT2D eigenvalue weighted by atomic mass is 9.75. The highest BCUT2D eigenvalue weighted by atomic mass is 15.2. The minimum absolute atomic E-state index is 0.366. The molecule has 5 heteroatoms. The van der Waals surface area contributed by atoms with Gasteiger partial charge in [-0.15, -0.1) is 0 Å². The topological polar surface area (TPSA) is 55.2 Å². The molecule has 0 aromatic carbocycles. The Morgan fingerprint density at radius 1 is 1.33 bits per heavy atom. The van der Waals surface area contributed by atoms with Gasteiger partial charge in [-0.05, 0) is 45.9 Å². The zero-order chi connectivity index (χ0) is 11.3. The van der Waals surface area contributed by atoms with E-state index in [1.54, 1.807) is 0 Å². The van der Waals surface area contributed by atoms with E-state index in [1.165, 1.54) is 19.3 Å². The fraction of sp³-hybridized carbons (Fsp3) is 1.00. The zero-order valence-corrected chi connectivity index (χ0v) is 9.98. The van der Waals surface area contributed by atoms with Gasteiger partial charge < -0.3 is 9.80 Å². The number of nitrogens with zero attached hydrogens (tertiary/aromatic N) is 5. The molecule has 0 atom stereocenters. The molecule has 0 spiro atoms. The summed E-state index contributed by atoms with van der Waals surface area (Å²) < 4.78 is 0. The smallest absolute Gasteiger partial charge is 0.0385 e. The Morgan fingerprint density at radius 2 is 2.00 bits per heavy atom. The lowest BCUT2D eigenvalue weighted by molar-refractivity contribution is 0.0287. The largest absolute Gasteiger partial charge is 0.304 e. The normalized spacial score (nSPS) is 18.7. The Labute approximate surface area is 91.7 Å². The second-order valence-electron chi connectivity index (χ2n) is 4.66. The third-order valence-electron chi connectivity index (χ3n) is 3.44. The van der Waals surface area contributed by atoms with Crippen LogP contribution in [0.2, 0.25) is 0 Å². The summed E-state index contributed by atoms with van der Waals surface area (Å²) in [4.78, 5) is 7.35. The molecular weight excluding hydrogens is 190 g/mol. The molecule has 0 aliphatic heterocycles. The van der Waals surface area contributed by atoms with Gasteiger partial charge in [0, 0.05) is 30.1 Å². The first-order valence-corrected chi connectivity index (χ1v) is 5.47. The van der Waals surface area contributed by atoms with Crippen molar-refractivity contribution in [3.63, 3.8) is 0 Å². The van der Waals surface area contributed by atoms with Crippen LogP contribution in [0, 0.1) is 0 Å². The standard InChI is InChI=1S/C10H21N5/c1-14(2)10(5-4-6-10)9-15(3)8-7-12-13-11/h4-9H2,1-3H3. The van der Waals surface area contributed by atoms with Crippen LogP contribution in [0.15, 0.2) is 5.11 Å². The van der Waals surface area contributed by atoms with Gasteiger partial charge in [-0.2, -0.15) is 0 Å². The van der Waals surface area contributed by atoms with Gasteiger partial charge in [0.05, 0.1) is 0 Å². The van der Waals surface area contributed by atoms with E-state index < -0.39 is 0 Å². The van der Waals surface area contributed by atoms with Crippen molar-refractivity contribution in [2.45, 2.75) is 24.8 Å². The summed E-state index contributed by atoms with van der Waals surface area (Å²) in [5, 5.41) is 3.56. The summed E-state index contributed by atoms with van der Waals surface area (Å²) in [6.45, 7) is 2.48. The molecule has 1 saturated carbocycles. The number of azide groups is 1. The first kappa shape index (κ1) is 12.3. The number of likely N-dealkylation sites (N-methyl/N-ethyl adjacent to an activating group) is 2. The average Bonchev–Trinajstić information content (AvgIpc) is 2.11. The van der Waals surface area contributed by atoms with Crippen LogP contribution in [-0.2, 0) is 0 Å². The molecule has 0 aromatic heterocycles. The van der Waals surface area contributed by atoms with E-state index in [-0.39, 0.29) is 0 Å². The van der Waals surface area contributed by atoms with Gasteiger partial charge in [0.15, 0.2) is 0 Å². The first-order chi connectivity index (χ1) is 7.10. The van der Waals surface area contributed by atoms with Crippen LogP contribution in [-0.4, -0.2) is 56.1 Å². The van der Waals surface area contributed by atoms with E-state index in [4.69, 9.17) is 5.53 Å². The maximum Gasteiger partial charge on any atom is 0.0385 e. The van der Waals surface area contributed by atoms with Crippen molar-refractivity contribution in [1.82, 2.24) is 9.80 Å². The monoisotopic (exact) mass is 211 g/mol. The van der Waals surface area contributed by atoms with Crippen LogP contribution in [0.25, 0.3) is 10.4 Å². The van der Waals surface area contributed by atoms with E-state index in [0.717, 1.165) is 13.1 Å². The highest BCUT2D eigenvalue weighted by Gasteiger charge is 2.39. The molecule has 5 nitrogen and oxygen atoms in total. The molecular formula is C10H21N5. The van der Waals surface area contributed by atoms with Crippen molar-refractivity contribution in [2.24, 2.45) is 5.11 Å². The van der Waals surface area contributed by atoms with Crippen LogP contribution < -0.4 is 0 Å². The molecule has 0 heterocycles. The lowest BCUT2D eigenvalue weighted by Crippen LogP contribution is -2.56. The van der Waals surface area contributed by atoms with Crippen LogP contribution in [0.1, 0.15) is 19.3 Å². The van der Waals surface area contributed by atoms with Crippen molar-refractivity contribution in [2.75, 3.05) is 40.8 Å². The second-order valence-corrected chi connectivity index (χ2v) is 4.66. The van der Waals surface area contributed by atoms with Crippen molar-refractivity contribution >= 4 is 0 Å². The lowest BCUT2D eigenvalue weighted by Gasteiger charge is -2.49. The van der Waals surface area contributed by atoms with Crippen molar-refractivity contribution in [3.05, 3.63) is 10.4 Å². The highest BCUT2D eigenvalue weighted by Crippen LogP contribution is 2.36. The van der Waals surface area contributed by atoms with Crippen LogP contribution in [0.5, 0.6) is 0 Å². The van der Waals surface area contributed by atoms with Crippen LogP contribution in [0.4, 0.5) is 0 Å². The maximum atomic E-state index is 8.19. The van der Waals surface area contributed by atoms with Crippen molar-refractivity contribution in [1.29, 1.82) is 0 Å². The van der Waals surface area contributed by atoms with Gasteiger partial charge in [0.25, 0.3) is 0 Å². The molecule has 0 N–H and O–H groups in total. The first-order valence-electron chi connectivity index (χ1n) is 5.47. The zero-order valence-electron chi connectivity index (χ0n) is 9.98.